The van der Waals surface area contributed by atoms with Gasteiger partial charge in [0.15, 0.2) is 0 Å². The van der Waals surface area contributed by atoms with Crippen LogP contribution in [0.1, 0.15) is 19.2 Å². The quantitative estimate of drug-likeness (QED) is 0.922. The number of hydrogen-bond acceptors (Lipinski definition) is 4. The molecule has 0 aromatic carbocycles. The third kappa shape index (κ3) is 4.44. The minimum absolute atomic E-state index is 0.171. The number of nitrogens with one attached hydrogen (secondary N) is 1. The van der Waals surface area contributed by atoms with Crippen LogP contribution in [-0.2, 0) is 13.5 Å². The fourth-order valence-electron chi connectivity index (χ4n) is 1.84. The van der Waals surface area contributed by atoms with Gasteiger partial charge in [0.2, 0.25) is 0 Å². The molecule has 0 aliphatic rings. The van der Waals surface area contributed by atoms with E-state index >= 15 is 0 Å². The molecule has 5 nitrogen and oxygen atoms in total. The molecule has 2 aromatic rings. The first-order valence-corrected chi connectivity index (χ1v) is 6.55. The molecule has 2 aromatic heterocycles. The smallest absolute Gasteiger partial charge is 0.370 e. The molecule has 0 radical (unpaired) electrons. The van der Waals surface area contributed by atoms with Crippen LogP contribution in [0, 0.1) is 0 Å². The number of halogens is 3. The highest BCUT2D eigenvalue weighted by molar-refractivity contribution is 5.60. The van der Waals surface area contributed by atoms with Gasteiger partial charge in [-0.2, -0.15) is 18.3 Å². The summed E-state index contributed by atoms with van der Waals surface area (Å²) in [5.74, 6) is 0.688. The highest BCUT2D eigenvalue weighted by atomic mass is 19.4. The standard InChI is InChI=1S/C13H16F3N5/c1-3-17-12-6-10(9-7-18-21(2)8-9)19-11(20-12)4-5-13(14,15)16/h6-8H,3-5H2,1-2H3,(H,17,19,20). The van der Waals surface area contributed by atoms with Crippen molar-refractivity contribution in [1.29, 1.82) is 0 Å². The van der Waals surface area contributed by atoms with Gasteiger partial charge in [-0.05, 0) is 6.92 Å². The van der Waals surface area contributed by atoms with Gasteiger partial charge >= 0.3 is 6.18 Å². The molecule has 8 heteroatoms. The highest BCUT2D eigenvalue weighted by Gasteiger charge is 2.27. The molecule has 2 rings (SSSR count). The average Bonchev–Trinajstić information content (AvgIpc) is 2.83. The topological polar surface area (TPSA) is 55.6 Å². The number of nitrogens with zero attached hydrogens (tertiary/aromatic N) is 4. The van der Waals surface area contributed by atoms with Gasteiger partial charge in [-0.1, -0.05) is 0 Å². The number of aryl methyl sites for hydroxylation is 2. The monoisotopic (exact) mass is 299 g/mol. The molecule has 0 aliphatic heterocycles. The minimum atomic E-state index is -4.22. The van der Waals surface area contributed by atoms with E-state index in [1.165, 1.54) is 0 Å². The molecule has 0 amide bonds. The maximum absolute atomic E-state index is 12.3. The van der Waals surface area contributed by atoms with Crippen LogP contribution in [0.4, 0.5) is 19.0 Å². The van der Waals surface area contributed by atoms with Gasteiger partial charge in [0.25, 0.3) is 0 Å². The molecule has 0 fully saturated rings. The van der Waals surface area contributed by atoms with Crippen molar-refractivity contribution in [3.8, 4) is 11.3 Å². The lowest BCUT2D eigenvalue weighted by atomic mass is 10.2. The van der Waals surface area contributed by atoms with E-state index in [9.17, 15) is 13.2 Å². The van der Waals surface area contributed by atoms with Crippen LogP contribution in [0.3, 0.4) is 0 Å². The Bertz CT molecular complexity index is 606. The zero-order chi connectivity index (χ0) is 15.5. The summed E-state index contributed by atoms with van der Waals surface area (Å²) in [5, 5.41) is 7.04. The van der Waals surface area contributed by atoms with Crippen LogP contribution < -0.4 is 5.32 Å². The van der Waals surface area contributed by atoms with Crippen LogP contribution in [0.5, 0.6) is 0 Å². The number of anilines is 1. The molecule has 0 saturated heterocycles. The number of alkyl halides is 3. The van der Waals surface area contributed by atoms with Gasteiger partial charge in [0.05, 0.1) is 18.3 Å². The second-order valence-corrected chi connectivity index (χ2v) is 4.60. The summed E-state index contributed by atoms with van der Waals surface area (Å²) < 4.78 is 38.6. The third-order valence-corrected chi connectivity index (χ3v) is 2.76. The summed E-state index contributed by atoms with van der Waals surface area (Å²) in [5.41, 5.74) is 1.30. The normalized spacial score (nSPS) is 11.7. The van der Waals surface area contributed by atoms with Crippen molar-refractivity contribution >= 4 is 5.82 Å². The molecular weight excluding hydrogens is 283 g/mol. The Balaban J connectivity index is 2.30. The fraction of sp³-hybridized carbons (Fsp3) is 0.462. The van der Waals surface area contributed by atoms with Gasteiger partial charge < -0.3 is 5.32 Å². The Hall–Kier alpha value is -2.12. The van der Waals surface area contributed by atoms with Crippen LogP contribution in [0.15, 0.2) is 18.5 Å². The van der Waals surface area contributed by atoms with Crippen LogP contribution in [0.25, 0.3) is 11.3 Å². The highest BCUT2D eigenvalue weighted by Crippen LogP contribution is 2.23. The minimum Gasteiger partial charge on any atom is -0.370 e. The van der Waals surface area contributed by atoms with Crippen molar-refractivity contribution < 1.29 is 13.2 Å². The van der Waals surface area contributed by atoms with Crippen molar-refractivity contribution in [2.24, 2.45) is 7.05 Å². The lowest BCUT2D eigenvalue weighted by Gasteiger charge is -2.09. The third-order valence-electron chi connectivity index (χ3n) is 2.76. The Morgan fingerprint density at radius 1 is 1.29 bits per heavy atom. The Labute approximate surface area is 120 Å². The predicted molar refractivity (Wildman–Crippen MR) is 72.8 cm³/mol. The first-order valence-electron chi connectivity index (χ1n) is 6.55. The summed E-state index contributed by atoms with van der Waals surface area (Å²) in [6, 6.07) is 1.71. The molecule has 0 unspecified atom stereocenters. The van der Waals surface area contributed by atoms with Crippen LogP contribution in [-0.4, -0.2) is 32.5 Å². The average molecular weight is 299 g/mol. The zero-order valence-corrected chi connectivity index (χ0v) is 11.8. The fourth-order valence-corrected chi connectivity index (χ4v) is 1.84. The summed E-state index contributed by atoms with van der Waals surface area (Å²) in [6.45, 7) is 2.52. The van der Waals surface area contributed by atoms with Crippen molar-refractivity contribution in [3.05, 3.63) is 24.3 Å². The Morgan fingerprint density at radius 3 is 2.62 bits per heavy atom. The maximum atomic E-state index is 12.3. The van der Waals surface area contributed by atoms with Crippen molar-refractivity contribution in [3.63, 3.8) is 0 Å². The van der Waals surface area contributed by atoms with Crippen LogP contribution >= 0.6 is 0 Å². The largest absolute Gasteiger partial charge is 0.389 e. The lowest BCUT2D eigenvalue weighted by molar-refractivity contribution is -0.134. The maximum Gasteiger partial charge on any atom is 0.389 e. The molecule has 2 heterocycles. The molecule has 0 bridgehead atoms. The van der Waals surface area contributed by atoms with Gasteiger partial charge in [-0.15, -0.1) is 0 Å². The van der Waals surface area contributed by atoms with E-state index in [4.69, 9.17) is 0 Å². The Kier molecular flexibility index (Phi) is 4.44. The molecule has 1 N–H and O–H groups in total. The molecule has 0 saturated carbocycles. The first-order chi connectivity index (χ1) is 9.87. The van der Waals surface area contributed by atoms with Gasteiger partial charge in [-0.3, -0.25) is 4.68 Å². The number of hydrogen-bond donors (Lipinski definition) is 1. The molecule has 114 valence electrons. The summed E-state index contributed by atoms with van der Waals surface area (Å²) >= 11 is 0. The lowest BCUT2D eigenvalue weighted by Crippen LogP contribution is -2.11. The van der Waals surface area contributed by atoms with Gasteiger partial charge in [0.1, 0.15) is 11.6 Å². The second kappa shape index (κ2) is 6.11. The van der Waals surface area contributed by atoms with E-state index in [-0.39, 0.29) is 12.2 Å². The molecular formula is C13H16F3N5. The number of rotatable bonds is 5. The second-order valence-electron chi connectivity index (χ2n) is 4.60. The Morgan fingerprint density at radius 2 is 2.05 bits per heavy atom. The van der Waals surface area contributed by atoms with Crippen LogP contribution in [0.2, 0.25) is 0 Å². The van der Waals surface area contributed by atoms with Gasteiger partial charge in [-0.25, -0.2) is 9.97 Å². The van der Waals surface area contributed by atoms with Crippen molar-refractivity contribution in [1.82, 2.24) is 19.7 Å². The number of aromatic nitrogens is 4. The summed E-state index contributed by atoms with van der Waals surface area (Å²) in [4.78, 5) is 8.31. The molecule has 0 spiro atoms. The van der Waals surface area contributed by atoms with E-state index in [2.05, 4.69) is 20.4 Å². The van der Waals surface area contributed by atoms with Crippen molar-refractivity contribution in [2.75, 3.05) is 11.9 Å². The molecule has 0 aliphatic carbocycles. The summed E-state index contributed by atoms with van der Waals surface area (Å²) in [7, 11) is 1.76. The van der Waals surface area contributed by atoms with E-state index < -0.39 is 12.6 Å². The van der Waals surface area contributed by atoms with E-state index in [1.807, 2.05) is 6.92 Å². The first kappa shape index (κ1) is 15.3. The SMILES string of the molecule is CCNc1cc(-c2cnn(C)c2)nc(CCC(F)(F)F)n1. The molecule has 21 heavy (non-hydrogen) atoms. The van der Waals surface area contributed by atoms with E-state index in [1.54, 1.807) is 30.2 Å². The van der Waals surface area contributed by atoms with E-state index in [0.29, 0.717) is 18.1 Å². The van der Waals surface area contributed by atoms with E-state index in [0.717, 1.165) is 5.56 Å². The zero-order valence-electron chi connectivity index (χ0n) is 11.8. The van der Waals surface area contributed by atoms with Crippen molar-refractivity contribution in [2.45, 2.75) is 25.9 Å². The summed E-state index contributed by atoms with van der Waals surface area (Å²) in [6.07, 6.45) is -2.02. The molecule has 0 atom stereocenters. The van der Waals surface area contributed by atoms with Gasteiger partial charge in [0, 0.05) is 37.8 Å². The predicted octanol–water partition coefficient (Wildman–Crippen LogP) is 2.80.